The number of likely N-dealkylation sites (tertiary alicyclic amines) is 1. The number of aromatic nitrogens is 1. The number of carbonyl (C=O) groups excluding carboxylic acids is 4. The molecule has 13 nitrogen and oxygen atoms in total. The number of rotatable bonds is 23. The molecule has 1 aliphatic heterocycles. The van der Waals surface area contributed by atoms with E-state index in [2.05, 4.69) is 15.2 Å². The van der Waals surface area contributed by atoms with E-state index in [4.69, 9.17) is 14.2 Å². The van der Waals surface area contributed by atoms with Crippen LogP contribution in [0.4, 0.5) is 0 Å². The number of carbonyl (C=O) groups is 5. The number of ketones is 1. The van der Waals surface area contributed by atoms with Crippen molar-refractivity contribution in [3.8, 4) is 5.75 Å². The van der Waals surface area contributed by atoms with Crippen LogP contribution < -0.4 is 10.1 Å². The van der Waals surface area contributed by atoms with Gasteiger partial charge in [-0.15, -0.1) is 11.3 Å². The van der Waals surface area contributed by atoms with Gasteiger partial charge in [0.25, 0.3) is 5.91 Å². The van der Waals surface area contributed by atoms with Crippen molar-refractivity contribution in [2.45, 2.75) is 117 Å². The topological polar surface area (TPSA) is 165 Å². The van der Waals surface area contributed by atoms with Crippen molar-refractivity contribution >= 4 is 40.9 Å². The van der Waals surface area contributed by atoms with E-state index in [-0.39, 0.29) is 67.7 Å². The van der Waals surface area contributed by atoms with Gasteiger partial charge < -0.3 is 29.5 Å². The number of carboxylic acid groups (broad SMARTS) is 1. The molecule has 2 aromatic rings. The Morgan fingerprint density at radius 2 is 1.75 bits per heavy atom. The Hall–Kier alpha value is -3.88. The van der Waals surface area contributed by atoms with E-state index in [1.165, 1.54) is 18.3 Å². The first-order chi connectivity index (χ1) is 26.6. The number of piperidine rings is 1. The van der Waals surface area contributed by atoms with E-state index in [0.29, 0.717) is 17.2 Å². The fraction of sp³-hybridized carbons (Fsp3) is 0.667. The van der Waals surface area contributed by atoms with Gasteiger partial charge in [-0.2, -0.15) is 0 Å². The highest BCUT2D eigenvalue weighted by Crippen LogP contribution is 2.33. The maximum atomic E-state index is 14.7. The minimum atomic E-state index is -0.962. The first kappa shape index (κ1) is 46.5. The summed E-state index contributed by atoms with van der Waals surface area (Å²) in [6.07, 6.45) is 3.65. The number of hydrogen-bond acceptors (Lipinski definition) is 11. The summed E-state index contributed by atoms with van der Waals surface area (Å²) in [6.45, 7) is 12.4. The molecule has 1 saturated heterocycles. The van der Waals surface area contributed by atoms with E-state index in [9.17, 15) is 29.1 Å². The van der Waals surface area contributed by atoms with E-state index in [0.717, 1.165) is 37.8 Å². The number of likely N-dealkylation sites (N-methyl/N-ethyl adjacent to an activating group) is 1. The molecule has 0 radical (unpaired) electrons. The largest absolute Gasteiger partial charge is 0.497 e. The Bertz CT molecular complexity index is 1580. The van der Waals surface area contributed by atoms with Gasteiger partial charge in [-0.3, -0.25) is 28.9 Å². The second kappa shape index (κ2) is 22.8. The molecule has 3 rings (SSSR count). The monoisotopic (exact) mass is 800 g/mol. The summed E-state index contributed by atoms with van der Waals surface area (Å²) in [5.74, 6) is -2.68. The number of ether oxygens (including phenoxy) is 3. The maximum absolute atomic E-state index is 14.7. The highest BCUT2D eigenvalue weighted by atomic mass is 32.1. The zero-order valence-corrected chi connectivity index (χ0v) is 35.6. The summed E-state index contributed by atoms with van der Waals surface area (Å²) < 4.78 is 16.6. The van der Waals surface area contributed by atoms with Crippen molar-refractivity contribution in [1.29, 1.82) is 0 Å². The number of aliphatic carboxylic acids is 1. The predicted molar refractivity (Wildman–Crippen MR) is 216 cm³/mol. The normalized spacial score (nSPS) is 17.9. The lowest BCUT2D eigenvalue weighted by molar-refractivity contribution is -0.150. The number of carboxylic acids is 1. The Morgan fingerprint density at radius 1 is 1.05 bits per heavy atom. The fourth-order valence-corrected chi connectivity index (χ4v) is 8.28. The SMILES string of the molecule is CCC(C)C(CC(=O)C1CCCCN1C)C(=O)N(CCOC)C(CC(OC(C)=O)c1nc(C(=O)NC(Cc2ccc(OC)cc2)CC(C)C(=O)O)cs1)C(C)C. The Balaban J connectivity index is 1.90. The zero-order chi connectivity index (χ0) is 41.5. The number of esters is 1. The van der Waals surface area contributed by atoms with Crippen LogP contribution in [0.15, 0.2) is 29.6 Å². The molecule has 1 aliphatic rings. The average molecular weight is 801 g/mol. The summed E-state index contributed by atoms with van der Waals surface area (Å²) in [7, 11) is 5.13. The third kappa shape index (κ3) is 13.7. The van der Waals surface area contributed by atoms with Crippen LogP contribution in [0.1, 0.15) is 114 Å². The van der Waals surface area contributed by atoms with E-state index < -0.39 is 47.9 Å². The number of hydrogen-bond donors (Lipinski definition) is 2. The average Bonchev–Trinajstić information content (AvgIpc) is 3.66. The molecule has 312 valence electrons. The molecular weight excluding hydrogens is 737 g/mol. The van der Waals surface area contributed by atoms with Gasteiger partial charge in [-0.05, 0) is 68.8 Å². The molecule has 14 heteroatoms. The summed E-state index contributed by atoms with van der Waals surface area (Å²) in [5, 5.41) is 14.6. The molecule has 7 unspecified atom stereocenters. The van der Waals surface area contributed by atoms with Crippen molar-refractivity contribution < 1.29 is 43.3 Å². The minimum absolute atomic E-state index is 0.0467. The van der Waals surface area contributed by atoms with Crippen molar-refractivity contribution in [2.75, 3.05) is 41.0 Å². The fourth-order valence-electron chi connectivity index (χ4n) is 7.44. The van der Waals surface area contributed by atoms with Crippen LogP contribution >= 0.6 is 11.3 Å². The number of methoxy groups -OCH3 is 2. The Kier molecular flexibility index (Phi) is 18.9. The number of nitrogens with one attached hydrogen (secondary N) is 1. The van der Waals surface area contributed by atoms with Crippen molar-refractivity contribution in [3.63, 3.8) is 0 Å². The van der Waals surface area contributed by atoms with Crippen molar-refractivity contribution in [1.82, 2.24) is 20.1 Å². The van der Waals surface area contributed by atoms with Crippen LogP contribution in [0.2, 0.25) is 0 Å². The number of amides is 2. The zero-order valence-electron chi connectivity index (χ0n) is 34.7. The number of nitrogens with zero attached hydrogens (tertiary/aromatic N) is 3. The second-order valence-electron chi connectivity index (χ2n) is 15.6. The molecule has 1 fully saturated rings. The number of Topliss-reactive ketones (excluding diaryl/α,β-unsaturated/α-hetero) is 1. The molecule has 1 aromatic heterocycles. The number of benzene rings is 1. The molecule has 2 amide bonds. The van der Waals surface area contributed by atoms with Gasteiger partial charge in [0, 0.05) is 56.8 Å². The highest BCUT2D eigenvalue weighted by Gasteiger charge is 2.39. The van der Waals surface area contributed by atoms with E-state index >= 15 is 0 Å². The molecule has 2 N–H and O–H groups in total. The third-order valence-electron chi connectivity index (χ3n) is 11.0. The molecule has 7 atom stereocenters. The lowest BCUT2D eigenvalue weighted by atomic mass is 9.82. The smallest absolute Gasteiger partial charge is 0.306 e. The van der Waals surface area contributed by atoms with Gasteiger partial charge in [-0.25, -0.2) is 4.98 Å². The number of thiazole rings is 1. The van der Waals surface area contributed by atoms with Gasteiger partial charge in [0.2, 0.25) is 5.91 Å². The van der Waals surface area contributed by atoms with Crippen LogP contribution in [0.25, 0.3) is 0 Å². The summed E-state index contributed by atoms with van der Waals surface area (Å²) in [4.78, 5) is 74.9. The highest BCUT2D eigenvalue weighted by molar-refractivity contribution is 7.09. The lowest BCUT2D eigenvalue weighted by Crippen LogP contribution is -2.50. The first-order valence-electron chi connectivity index (χ1n) is 19.9. The molecule has 0 bridgehead atoms. The minimum Gasteiger partial charge on any atom is -0.497 e. The quantitative estimate of drug-likeness (QED) is 0.123. The van der Waals surface area contributed by atoms with E-state index in [1.807, 2.05) is 59.0 Å². The van der Waals surface area contributed by atoms with Gasteiger partial charge in [-0.1, -0.05) is 59.6 Å². The molecule has 2 heterocycles. The van der Waals surface area contributed by atoms with Crippen LogP contribution in [-0.4, -0.2) is 109 Å². The second-order valence-corrected chi connectivity index (χ2v) is 16.5. The van der Waals surface area contributed by atoms with Crippen LogP contribution in [0.5, 0.6) is 5.75 Å². The van der Waals surface area contributed by atoms with E-state index in [1.54, 1.807) is 31.4 Å². The van der Waals surface area contributed by atoms with Gasteiger partial charge >= 0.3 is 11.9 Å². The van der Waals surface area contributed by atoms with Crippen LogP contribution in [0, 0.1) is 23.7 Å². The first-order valence-corrected chi connectivity index (χ1v) is 20.8. The lowest BCUT2D eigenvalue weighted by Gasteiger charge is -2.39. The van der Waals surface area contributed by atoms with Crippen LogP contribution in [0.3, 0.4) is 0 Å². The van der Waals surface area contributed by atoms with Gasteiger partial charge in [0.05, 0.1) is 25.7 Å². The third-order valence-corrected chi connectivity index (χ3v) is 12.0. The molecular formula is C42H64N4O9S. The Labute approximate surface area is 336 Å². The molecule has 0 aliphatic carbocycles. The van der Waals surface area contributed by atoms with Gasteiger partial charge in [0.1, 0.15) is 16.5 Å². The van der Waals surface area contributed by atoms with Crippen LogP contribution in [-0.2, 0) is 35.1 Å². The molecule has 0 spiro atoms. The van der Waals surface area contributed by atoms with Gasteiger partial charge in [0.15, 0.2) is 11.9 Å². The van der Waals surface area contributed by atoms with Crippen molar-refractivity contribution in [3.05, 3.63) is 45.9 Å². The summed E-state index contributed by atoms with van der Waals surface area (Å²) in [5.41, 5.74) is 1.01. The standard InChI is InChI=1S/C42H64N4O9S/c1-10-27(4)33(23-37(48)35-13-11-12-18-45(35)7)41(50)46(19-20-53-8)36(26(2)3)24-38(55-29(6)47)40-44-34(25-56-40)39(49)43-31(21-28(5)42(51)52)22-30-14-16-32(54-9)17-15-30/h14-17,25-28,31,33,35-36,38H,10-13,18-24H2,1-9H3,(H,43,49)(H,51,52). The maximum Gasteiger partial charge on any atom is 0.306 e. The van der Waals surface area contributed by atoms with Crippen molar-refractivity contribution in [2.24, 2.45) is 23.7 Å². The summed E-state index contributed by atoms with van der Waals surface area (Å²) >= 11 is 1.18. The molecule has 56 heavy (non-hydrogen) atoms. The Morgan fingerprint density at radius 3 is 2.32 bits per heavy atom. The molecule has 1 aromatic carbocycles. The summed E-state index contributed by atoms with van der Waals surface area (Å²) in [6, 6.07) is 6.24. The predicted octanol–water partition coefficient (Wildman–Crippen LogP) is 6.20. The molecule has 0 saturated carbocycles.